The Bertz CT molecular complexity index is 711. The average molecular weight is 279 g/mol. The minimum absolute atomic E-state index is 0.856. The van der Waals surface area contributed by atoms with E-state index < -0.39 is 0 Å². The highest BCUT2D eigenvalue weighted by molar-refractivity contribution is 5.74. The van der Waals surface area contributed by atoms with Crippen LogP contribution in [0.15, 0.2) is 54.7 Å². The van der Waals surface area contributed by atoms with Crippen LogP contribution in [0.25, 0.3) is 5.70 Å². The molecule has 4 rings (SSSR count). The minimum Gasteiger partial charge on any atom is -0.495 e. The molecule has 0 aromatic heterocycles. The maximum absolute atomic E-state index is 5.45. The normalized spacial score (nSPS) is 16.3. The zero-order chi connectivity index (χ0) is 14.2. The molecule has 21 heavy (non-hydrogen) atoms. The fourth-order valence-corrected chi connectivity index (χ4v) is 2.96. The van der Waals surface area contributed by atoms with E-state index in [1.807, 2.05) is 29.3 Å². The molecule has 1 N–H and O–H groups in total. The van der Waals surface area contributed by atoms with Crippen molar-refractivity contribution in [3.05, 3.63) is 65.9 Å². The van der Waals surface area contributed by atoms with Gasteiger partial charge in [0, 0.05) is 18.3 Å². The molecule has 0 spiro atoms. The van der Waals surface area contributed by atoms with Gasteiger partial charge in [-0.25, -0.2) is 0 Å². The van der Waals surface area contributed by atoms with E-state index in [2.05, 4.69) is 41.0 Å². The Balaban J connectivity index is 1.75. The predicted octanol–water partition coefficient (Wildman–Crippen LogP) is 2.79. The van der Waals surface area contributed by atoms with E-state index in [9.17, 15) is 0 Å². The molecule has 0 amide bonds. The summed E-state index contributed by atoms with van der Waals surface area (Å²) in [6.45, 7) is 0.967. The zero-order valence-corrected chi connectivity index (χ0v) is 11.9. The number of methoxy groups -OCH3 is 1. The monoisotopic (exact) mass is 279 g/mol. The average Bonchev–Trinajstić information content (AvgIpc) is 2.99. The largest absolute Gasteiger partial charge is 0.495 e. The predicted molar refractivity (Wildman–Crippen MR) is 83.4 cm³/mol. The lowest BCUT2D eigenvalue weighted by Crippen LogP contribution is -2.42. The highest BCUT2D eigenvalue weighted by Gasteiger charge is 2.28. The second kappa shape index (κ2) is 4.82. The van der Waals surface area contributed by atoms with Crippen molar-refractivity contribution < 1.29 is 4.74 Å². The molecule has 0 radical (unpaired) electrons. The van der Waals surface area contributed by atoms with Crippen LogP contribution < -0.4 is 15.3 Å². The van der Waals surface area contributed by atoms with Gasteiger partial charge in [0.2, 0.25) is 0 Å². The maximum Gasteiger partial charge on any atom is 0.144 e. The Hall–Kier alpha value is -2.46. The van der Waals surface area contributed by atoms with Gasteiger partial charge in [-0.2, -0.15) is 0 Å². The molecular formula is C17H17N3O. The number of benzene rings is 2. The summed E-state index contributed by atoms with van der Waals surface area (Å²) in [5.41, 5.74) is 8.35. The number of nitrogens with one attached hydrogen (secondary N) is 1. The summed E-state index contributed by atoms with van der Waals surface area (Å²) in [5, 5.41) is 4.21. The lowest BCUT2D eigenvalue weighted by Gasteiger charge is -2.29. The third-order valence-corrected chi connectivity index (χ3v) is 4.01. The number of fused-ring (bicyclic) bond motifs is 3. The molecule has 0 saturated carbocycles. The van der Waals surface area contributed by atoms with Gasteiger partial charge in [-0.3, -0.25) is 10.0 Å². The Labute approximate surface area is 124 Å². The molecule has 2 aliphatic heterocycles. The molecule has 0 saturated heterocycles. The minimum atomic E-state index is 0.856. The fourth-order valence-electron chi connectivity index (χ4n) is 2.96. The third-order valence-electron chi connectivity index (χ3n) is 4.01. The number of rotatable bonds is 2. The standard InChI is InChI=1S/C17H17N3O/c1-21-17-9-5-4-8-15(17)20-12-16-14-7-3-2-6-13(14)10-11-19(16)18-20/h2-9,12,18H,10-11H2,1H3. The molecule has 0 fully saturated rings. The van der Waals surface area contributed by atoms with Gasteiger partial charge in [0.05, 0.1) is 12.8 Å². The summed E-state index contributed by atoms with van der Waals surface area (Å²) < 4.78 is 5.45. The molecule has 2 aromatic rings. The summed E-state index contributed by atoms with van der Waals surface area (Å²) in [4.78, 5) is 0. The Morgan fingerprint density at radius 1 is 1.05 bits per heavy atom. The van der Waals surface area contributed by atoms with Gasteiger partial charge >= 0.3 is 0 Å². The molecule has 4 nitrogen and oxygen atoms in total. The third kappa shape index (κ3) is 1.96. The van der Waals surface area contributed by atoms with Crippen molar-refractivity contribution in [2.45, 2.75) is 6.42 Å². The van der Waals surface area contributed by atoms with Crippen LogP contribution in [0.5, 0.6) is 5.75 Å². The molecule has 0 unspecified atom stereocenters. The molecule has 0 bridgehead atoms. The van der Waals surface area contributed by atoms with Gasteiger partial charge in [0.15, 0.2) is 0 Å². The van der Waals surface area contributed by atoms with Gasteiger partial charge in [-0.05, 0) is 24.1 Å². The van der Waals surface area contributed by atoms with Crippen LogP contribution in [0.2, 0.25) is 0 Å². The van der Waals surface area contributed by atoms with Crippen molar-refractivity contribution >= 4 is 11.4 Å². The molecule has 2 heterocycles. The van der Waals surface area contributed by atoms with Crippen molar-refractivity contribution in [3.63, 3.8) is 0 Å². The van der Waals surface area contributed by atoms with Gasteiger partial charge in [0.25, 0.3) is 0 Å². The summed E-state index contributed by atoms with van der Waals surface area (Å²) in [6.07, 6.45) is 3.19. The molecule has 2 aromatic carbocycles. The number of para-hydroxylation sites is 2. The highest BCUT2D eigenvalue weighted by atomic mass is 16.5. The summed E-state index contributed by atoms with van der Waals surface area (Å²) in [7, 11) is 1.70. The molecule has 0 atom stereocenters. The van der Waals surface area contributed by atoms with Crippen molar-refractivity contribution in [3.8, 4) is 5.75 Å². The van der Waals surface area contributed by atoms with E-state index in [0.29, 0.717) is 0 Å². The second-order valence-corrected chi connectivity index (χ2v) is 5.21. The lowest BCUT2D eigenvalue weighted by atomic mass is 9.98. The maximum atomic E-state index is 5.45. The van der Waals surface area contributed by atoms with E-state index in [1.165, 1.54) is 16.8 Å². The summed E-state index contributed by atoms with van der Waals surface area (Å²) in [6, 6.07) is 16.6. The Morgan fingerprint density at radius 2 is 1.86 bits per heavy atom. The van der Waals surface area contributed by atoms with Crippen LogP contribution in [0.4, 0.5) is 5.69 Å². The van der Waals surface area contributed by atoms with Crippen LogP contribution >= 0.6 is 0 Å². The van der Waals surface area contributed by atoms with Gasteiger partial charge < -0.3 is 4.74 Å². The van der Waals surface area contributed by atoms with E-state index in [0.717, 1.165) is 24.4 Å². The molecule has 106 valence electrons. The molecule has 0 aliphatic carbocycles. The van der Waals surface area contributed by atoms with Gasteiger partial charge in [0.1, 0.15) is 11.4 Å². The van der Waals surface area contributed by atoms with Crippen molar-refractivity contribution in [2.75, 3.05) is 18.7 Å². The molecule has 2 aliphatic rings. The first-order valence-electron chi connectivity index (χ1n) is 7.13. The van der Waals surface area contributed by atoms with E-state index in [4.69, 9.17) is 4.74 Å². The van der Waals surface area contributed by atoms with Gasteiger partial charge in [-0.15, -0.1) is 5.53 Å². The summed E-state index contributed by atoms with van der Waals surface area (Å²) >= 11 is 0. The zero-order valence-electron chi connectivity index (χ0n) is 11.9. The number of anilines is 1. The number of hydrogen-bond acceptors (Lipinski definition) is 4. The first kappa shape index (κ1) is 12.3. The van der Waals surface area contributed by atoms with Gasteiger partial charge in [-0.1, -0.05) is 36.4 Å². The highest BCUT2D eigenvalue weighted by Crippen LogP contribution is 2.35. The van der Waals surface area contributed by atoms with Crippen LogP contribution in [0.1, 0.15) is 11.1 Å². The number of hydrazine groups is 2. The van der Waals surface area contributed by atoms with Crippen molar-refractivity contribution in [2.24, 2.45) is 0 Å². The number of hydrogen-bond donors (Lipinski definition) is 1. The van der Waals surface area contributed by atoms with Crippen LogP contribution in [0, 0.1) is 0 Å². The smallest absolute Gasteiger partial charge is 0.144 e. The first-order valence-corrected chi connectivity index (χ1v) is 7.13. The van der Waals surface area contributed by atoms with Crippen LogP contribution in [0.3, 0.4) is 0 Å². The molecular weight excluding hydrogens is 262 g/mol. The lowest BCUT2D eigenvalue weighted by molar-refractivity contribution is 0.305. The van der Waals surface area contributed by atoms with E-state index >= 15 is 0 Å². The Morgan fingerprint density at radius 3 is 2.76 bits per heavy atom. The van der Waals surface area contributed by atoms with Crippen molar-refractivity contribution in [1.82, 2.24) is 10.5 Å². The first-order chi connectivity index (χ1) is 10.4. The van der Waals surface area contributed by atoms with Crippen molar-refractivity contribution in [1.29, 1.82) is 0 Å². The van der Waals surface area contributed by atoms with E-state index in [-0.39, 0.29) is 0 Å². The van der Waals surface area contributed by atoms with Crippen LogP contribution in [-0.4, -0.2) is 18.7 Å². The Kier molecular flexibility index (Phi) is 2.82. The second-order valence-electron chi connectivity index (χ2n) is 5.21. The quantitative estimate of drug-likeness (QED) is 0.915. The molecule has 4 heteroatoms. The summed E-state index contributed by atoms with van der Waals surface area (Å²) in [5.74, 6) is 0.856. The SMILES string of the molecule is COc1ccccc1N1C=C2c3ccccc3CCN2N1. The topological polar surface area (TPSA) is 27.7 Å². The number of nitrogens with zero attached hydrogens (tertiary/aromatic N) is 2. The van der Waals surface area contributed by atoms with Crippen LogP contribution in [-0.2, 0) is 6.42 Å². The fraction of sp³-hybridized carbons (Fsp3) is 0.176. The number of ether oxygens (including phenoxy) is 1. The van der Waals surface area contributed by atoms with E-state index in [1.54, 1.807) is 7.11 Å².